The van der Waals surface area contributed by atoms with Gasteiger partial charge in [-0.25, -0.2) is 0 Å². The van der Waals surface area contributed by atoms with Crippen LogP contribution >= 0.6 is 11.3 Å². The fraction of sp³-hybridized carbons (Fsp3) is 0.385. The van der Waals surface area contributed by atoms with E-state index < -0.39 is 6.10 Å². The third-order valence-electron chi connectivity index (χ3n) is 2.62. The summed E-state index contributed by atoms with van der Waals surface area (Å²) in [5.41, 5.74) is 1.29. The van der Waals surface area contributed by atoms with Crippen LogP contribution in [0.5, 0.6) is 0 Å². The van der Waals surface area contributed by atoms with E-state index in [1.807, 2.05) is 0 Å². The maximum atomic E-state index is 9.51. The third-order valence-corrected chi connectivity index (χ3v) is 3.63. The molecule has 0 aliphatic carbocycles. The van der Waals surface area contributed by atoms with Crippen LogP contribution < -0.4 is 5.32 Å². The van der Waals surface area contributed by atoms with Gasteiger partial charge in [0.05, 0.1) is 12.7 Å². The highest BCUT2D eigenvalue weighted by Crippen LogP contribution is 2.25. The number of rotatable bonds is 6. The van der Waals surface area contributed by atoms with Crippen molar-refractivity contribution >= 4 is 21.4 Å². The summed E-state index contributed by atoms with van der Waals surface area (Å²) in [6.45, 7) is 1.71. The summed E-state index contributed by atoms with van der Waals surface area (Å²) >= 11 is 1.76. The Kier molecular flexibility index (Phi) is 4.50. The maximum Gasteiger partial charge on any atom is 0.0897 e. The van der Waals surface area contributed by atoms with Crippen LogP contribution in [0.4, 0.5) is 0 Å². The van der Waals surface area contributed by atoms with Crippen molar-refractivity contribution in [3.8, 4) is 0 Å². The Morgan fingerprint density at radius 3 is 3.06 bits per heavy atom. The number of nitrogens with one attached hydrogen (secondary N) is 1. The smallest absolute Gasteiger partial charge is 0.0897 e. The first-order valence-electron chi connectivity index (χ1n) is 5.64. The van der Waals surface area contributed by atoms with Gasteiger partial charge >= 0.3 is 0 Å². The zero-order valence-corrected chi connectivity index (χ0v) is 10.7. The summed E-state index contributed by atoms with van der Waals surface area (Å²) in [7, 11) is 1.59. The molecule has 0 amide bonds. The second-order valence-corrected chi connectivity index (χ2v) is 4.91. The van der Waals surface area contributed by atoms with Gasteiger partial charge in [0.2, 0.25) is 0 Å². The first kappa shape index (κ1) is 12.5. The molecule has 2 aromatic rings. The number of methoxy groups -OCH3 is 1. The van der Waals surface area contributed by atoms with E-state index >= 15 is 0 Å². The molecular formula is C13H17NO2S. The molecule has 1 heterocycles. The number of thiophene rings is 1. The van der Waals surface area contributed by atoms with Crippen molar-refractivity contribution in [2.45, 2.75) is 12.6 Å². The minimum absolute atomic E-state index is 0.372. The summed E-state index contributed by atoms with van der Waals surface area (Å²) in [5.74, 6) is 0. The van der Waals surface area contributed by atoms with E-state index in [0.717, 1.165) is 6.54 Å². The number of benzene rings is 1. The highest BCUT2D eigenvalue weighted by atomic mass is 32.1. The van der Waals surface area contributed by atoms with Gasteiger partial charge in [-0.15, -0.1) is 11.3 Å². The highest BCUT2D eigenvalue weighted by Gasteiger charge is 2.05. The van der Waals surface area contributed by atoms with Gasteiger partial charge in [0, 0.05) is 24.9 Å². The predicted molar refractivity (Wildman–Crippen MR) is 71.4 cm³/mol. The summed E-state index contributed by atoms with van der Waals surface area (Å²) < 4.78 is 6.18. The second-order valence-electron chi connectivity index (χ2n) is 4.00. The fourth-order valence-corrected chi connectivity index (χ4v) is 2.76. The zero-order chi connectivity index (χ0) is 12.1. The summed E-state index contributed by atoms with van der Waals surface area (Å²) in [4.78, 5) is 0. The van der Waals surface area contributed by atoms with Gasteiger partial charge in [0.1, 0.15) is 0 Å². The molecular weight excluding hydrogens is 234 g/mol. The first-order chi connectivity index (χ1) is 8.31. The molecule has 0 spiro atoms. The molecule has 0 saturated heterocycles. The van der Waals surface area contributed by atoms with E-state index in [1.54, 1.807) is 18.4 Å². The summed E-state index contributed by atoms with van der Waals surface area (Å²) in [6, 6.07) is 8.37. The van der Waals surface area contributed by atoms with Crippen LogP contribution in [0.2, 0.25) is 0 Å². The molecule has 4 heteroatoms. The van der Waals surface area contributed by atoms with Gasteiger partial charge < -0.3 is 15.2 Å². The number of fused-ring (bicyclic) bond motifs is 1. The molecule has 1 aromatic heterocycles. The maximum absolute atomic E-state index is 9.51. The molecule has 0 unspecified atom stereocenters. The molecule has 17 heavy (non-hydrogen) atoms. The molecule has 0 radical (unpaired) electrons. The van der Waals surface area contributed by atoms with Gasteiger partial charge in [0.15, 0.2) is 0 Å². The lowest BCUT2D eigenvalue weighted by Crippen LogP contribution is -2.29. The average molecular weight is 251 g/mol. The summed E-state index contributed by atoms with van der Waals surface area (Å²) in [6.07, 6.45) is -0.440. The van der Waals surface area contributed by atoms with Crippen molar-refractivity contribution in [3.05, 3.63) is 35.2 Å². The Morgan fingerprint density at radius 1 is 1.41 bits per heavy atom. The number of hydrogen-bond donors (Lipinski definition) is 2. The molecule has 0 fully saturated rings. The normalized spacial score (nSPS) is 13.1. The minimum atomic E-state index is -0.440. The molecule has 0 aliphatic heterocycles. The van der Waals surface area contributed by atoms with E-state index in [4.69, 9.17) is 4.74 Å². The van der Waals surface area contributed by atoms with E-state index in [1.165, 1.54) is 15.6 Å². The van der Waals surface area contributed by atoms with Crippen LogP contribution in [0.15, 0.2) is 29.6 Å². The Morgan fingerprint density at radius 2 is 2.24 bits per heavy atom. The Bertz CT molecular complexity index is 469. The van der Waals surface area contributed by atoms with E-state index in [9.17, 15) is 5.11 Å². The quantitative estimate of drug-likeness (QED) is 0.825. The first-order valence-corrected chi connectivity index (χ1v) is 6.52. The number of aliphatic hydroxyl groups excluding tert-OH is 1. The number of aliphatic hydroxyl groups is 1. The predicted octanol–water partition coefficient (Wildman–Crippen LogP) is 2.00. The molecule has 0 aliphatic rings. The molecule has 0 bridgehead atoms. The molecule has 1 aromatic carbocycles. The Hall–Kier alpha value is -0.940. The Balaban J connectivity index is 1.91. The average Bonchev–Trinajstić information content (AvgIpc) is 2.73. The van der Waals surface area contributed by atoms with Crippen LogP contribution in [-0.2, 0) is 11.3 Å². The summed E-state index contributed by atoms with van der Waals surface area (Å²) in [5, 5.41) is 16.2. The third kappa shape index (κ3) is 3.26. The van der Waals surface area contributed by atoms with Crippen molar-refractivity contribution in [1.82, 2.24) is 5.32 Å². The molecule has 0 saturated carbocycles. The van der Waals surface area contributed by atoms with Crippen molar-refractivity contribution in [2.75, 3.05) is 20.3 Å². The van der Waals surface area contributed by atoms with Gasteiger partial charge in [-0.1, -0.05) is 18.2 Å². The minimum Gasteiger partial charge on any atom is -0.389 e. The van der Waals surface area contributed by atoms with Crippen LogP contribution in [0.25, 0.3) is 10.1 Å². The van der Waals surface area contributed by atoms with Crippen LogP contribution in [-0.4, -0.2) is 31.5 Å². The van der Waals surface area contributed by atoms with Crippen molar-refractivity contribution in [2.24, 2.45) is 0 Å². The van der Waals surface area contributed by atoms with Gasteiger partial charge in [-0.3, -0.25) is 0 Å². The van der Waals surface area contributed by atoms with Crippen LogP contribution in [0.3, 0.4) is 0 Å². The zero-order valence-electron chi connectivity index (χ0n) is 9.85. The van der Waals surface area contributed by atoms with Crippen LogP contribution in [0.1, 0.15) is 5.56 Å². The monoisotopic (exact) mass is 251 g/mol. The standard InChI is InChI=1S/C13H17NO2S/c1-16-8-11(15)7-14-6-10-9-17-13-5-3-2-4-12(10)13/h2-5,9,11,14-15H,6-8H2,1H3/t11-/m0/s1. The number of ether oxygens (including phenoxy) is 1. The lowest BCUT2D eigenvalue weighted by atomic mass is 10.2. The second kappa shape index (κ2) is 6.12. The van der Waals surface area contributed by atoms with E-state index in [0.29, 0.717) is 13.2 Å². The lowest BCUT2D eigenvalue weighted by Gasteiger charge is -2.10. The fourth-order valence-electron chi connectivity index (χ4n) is 1.79. The molecule has 3 nitrogen and oxygen atoms in total. The van der Waals surface area contributed by atoms with Gasteiger partial charge in [-0.05, 0) is 22.4 Å². The van der Waals surface area contributed by atoms with Crippen molar-refractivity contribution in [3.63, 3.8) is 0 Å². The lowest BCUT2D eigenvalue weighted by molar-refractivity contribution is 0.0644. The highest BCUT2D eigenvalue weighted by molar-refractivity contribution is 7.17. The number of hydrogen-bond acceptors (Lipinski definition) is 4. The topological polar surface area (TPSA) is 41.5 Å². The Labute approximate surface area is 105 Å². The molecule has 1 atom stereocenters. The molecule has 2 rings (SSSR count). The SMILES string of the molecule is COC[C@@H](O)CNCc1csc2ccccc12. The van der Waals surface area contributed by atoms with Gasteiger partial charge in [0.25, 0.3) is 0 Å². The van der Waals surface area contributed by atoms with Crippen molar-refractivity contribution < 1.29 is 9.84 Å². The van der Waals surface area contributed by atoms with Crippen molar-refractivity contribution in [1.29, 1.82) is 0 Å². The van der Waals surface area contributed by atoms with Gasteiger partial charge in [-0.2, -0.15) is 0 Å². The van der Waals surface area contributed by atoms with E-state index in [2.05, 4.69) is 35.0 Å². The molecule has 92 valence electrons. The molecule has 2 N–H and O–H groups in total. The van der Waals surface area contributed by atoms with E-state index in [-0.39, 0.29) is 0 Å². The van der Waals surface area contributed by atoms with Crippen LogP contribution in [0, 0.1) is 0 Å². The largest absolute Gasteiger partial charge is 0.389 e.